The fourth-order valence-corrected chi connectivity index (χ4v) is 3.43. The minimum atomic E-state index is -4.50. The summed E-state index contributed by atoms with van der Waals surface area (Å²) in [5.41, 5.74) is 0.402. The van der Waals surface area contributed by atoms with Crippen LogP contribution in [0.15, 0.2) is 79.5 Å². The lowest BCUT2D eigenvalue weighted by Gasteiger charge is -2.11. The first-order chi connectivity index (χ1) is 16.8. The second-order valence-corrected chi connectivity index (χ2v) is 7.42. The van der Waals surface area contributed by atoms with E-state index in [1.54, 1.807) is 42.7 Å². The highest BCUT2D eigenvalue weighted by Crippen LogP contribution is 2.31. The van der Waals surface area contributed by atoms with Crippen molar-refractivity contribution in [3.8, 4) is 11.6 Å². The zero-order chi connectivity index (χ0) is 24.4. The van der Waals surface area contributed by atoms with E-state index in [1.807, 2.05) is 0 Å². The maximum absolute atomic E-state index is 12.9. The maximum Gasteiger partial charge on any atom is 0.416 e. The number of carbonyl (C=O) groups excluding carboxylic acids is 1. The molecule has 0 aliphatic carbocycles. The number of alkyl halides is 3. The number of rotatable bonds is 5. The highest BCUT2D eigenvalue weighted by atomic mass is 19.4. The molecular weight excluding hydrogens is 463 g/mol. The molecule has 0 radical (unpaired) electrons. The minimum Gasteiger partial charge on any atom is -0.439 e. The van der Waals surface area contributed by atoms with Crippen LogP contribution in [0.4, 0.5) is 23.7 Å². The molecule has 0 fully saturated rings. The van der Waals surface area contributed by atoms with Gasteiger partial charge in [-0.2, -0.15) is 28.2 Å². The Labute approximate surface area is 195 Å². The summed E-state index contributed by atoms with van der Waals surface area (Å²) < 4.78 is 46.0. The van der Waals surface area contributed by atoms with Crippen molar-refractivity contribution in [2.75, 3.05) is 5.32 Å². The molecule has 3 aromatic heterocycles. The Hall–Kier alpha value is -4.74. The molecule has 0 atom stereocenters. The summed E-state index contributed by atoms with van der Waals surface area (Å²) in [5, 5.41) is 11.3. The number of anilines is 1. The van der Waals surface area contributed by atoms with Crippen LogP contribution in [0.5, 0.6) is 11.6 Å². The van der Waals surface area contributed by atoms with Gasteiger partial charge in [0.1, 0.15) is 18.6 Å². The van der Waals surface area contributed by atoms with Crippen molar-refractivity contribution < 1.29 is 22.7 Å². The molecule has 3 heterocycles. The molecule has 12 heteroatoms. The zero-order valence-electron chi connectivity index (χ0n) is 17.8. The van der Waals surface area contributed by atoms with Crippen molar-refractivity contribution in [2.24, 2.45) is 0 Å². The normalized spacial score (nSPS) is 11.5. The van der Waals surface area contributed by atoms with Crippen molar-refractivity contribution in [1.29, 1.82) is 0 Å². The van der Waals surface area contributed by atoms with Gasteiger partial charge in [-0.15, -0.1) is 0 Å². The van der Waals surface area contributed by atoms with E-state index in [-0.39, 0.29) is 5.69 Å². The van der Waals surface area contributed by atoms with Crippen LogP contribution in [0.2, 0.25) is 0 Å². The average Bonchev–Trinajstić information content (AvgIpc) is 3.48. The van der Waals surface area contributed by atoms with E-state index in [0.29, 0.717) is 34.8 Å². The molecule has 0 aliphatic rings. The summed E-state index contributed by atoms with van der Waals surface area (Å²) in [5.74, 6) is 0.804. The summed E-state index contributed by atoms with van der Waals surface area (Å²) in [4.78, 5) is 22.5. The Kier molecular flexibility index (Phi) is 5.61. The predicted octanol–water partition coefficient (Wildman–Crippen LogP) is 4.96. The second kappa shape index (κ2) is 8.89. The van der Waals surface area contributed by atoms with Crippen molar-refractivity contribution in [2.45, 2.75) is 12.7 Å². The van der Waals surface area contributed by atoms with Crippen LogP contribution < -0.4 is 10.1 Å². The summed E-state index contributed by atoms with van der Waals surface area (Å²) in [6, 6.07) is 12.3. The van der Waals surface area contributed by atoms with E-state index in [1.165, 1.54) is 34.0 Å². The molecule has 5 rings (SSSR count). The number of benzene rings is 2. The van der Waals surface area contributed by atoms with Gasteiger partial charge in [-0.05, 0) is 42.5 Å². The van der Waals surface area contributed by atoms with Gasteiger partial charge in [0.2, 0.25) is 5.88 Å². The Bertz CT molecular complexity index is 1500. The standard InChI is InChI=1S/C23H16F3N7O2/c24-23(25,26)16-2-1-3-17(11-16)31-22(34)32-9-6-15-10-19(4-5-20(15)32)35-21-12-18(27-14-28-21)13-33-29-7-8-30-33/h1-12,14H,13H2,(H,31,34). The first-order valence-corrected chi connectivity index (χ1v) is 10.3. The number of hydrogen-bond acceptors (Lipinski definition) is 6. The van der Waals surface area contributed by atoms with Crippen LogP contribution in [0, 0.1) is 0 Å². The third-order valence-corrected chi connectivity index (χ3v) is 5.01. The van der Waals surface area contributed by atoms with Crippen LogP contribution in [-0.2, 0) is 12.7 Å². The van der Waals surface area contributed by atoms with Crippen molar-refractivity contribution in [1.82, 2.24) is 29.5 Å². The van der Waals surface area contributed by atoms with Crippen molar-refractivity contribution in [3.05, 3.63) is 90.8 Å². The van der Waals surface area contributed by atoms with E-state index in [4.69, 9.17) is 4.74 Å². The van der Waals surface area contributed by atoms with Crippen LogP contribution in [0.3, 0.4) is 0 Å². The molecule has 0 bridgehead atoms. The smallest absolute Gasteiger partial charge is 0.416 e. The predicted molar refractivity (Wildman–Crippen MR) is 119 cm³/mol. The third-order valence-electron chi connectivity index (χ3n) is 5.01. The monoisotopic (exact) mass is 479 g/mol. The molecule has 0 unspecified atom stereocenters. The summed E-state index contributed by atoms with van der Waals surface area (Å²) in [6.07, 6.45) is 1.54. The Morgan fingerprint density at radius 1 is 1.00 bits per heavy atom. The van der Waals surface area contributed by atoms with Crippen LogP contribution in [0.25, 0.3) is 10.9 Å². The molecule has 0 aliphatic heterocycles. The van der Waals surface area contributed by atoms with Crippen molar-refractivity contribution >= 4 is 22.6 Å². The second-order valence-electron chi connectivity index (χ2n) is 7.42. The third kappa shape index (κ3) is 4.95. The van der Waals surface area contributed by atoms with Gasteiger partial charge in [0.15, 0.2) is 0 Å². The SMILES string of the molecule is O=C(Nc1cccc(C(F)(F)F)c1)n1ccc2cc(Oc3cc(Cn4nccn4)ncn3)ccc21. The lowest BCUT2D eigenvalue weighted by molar-refractivity contribution is -0.137. The molecule has 0 saturated heterocycles. The number of carbonyl (C=O) groups is 1. The fraction of sp³-hybridized carbons (Fsp3) is 0.0870. The Balaban J connectivity index is 1.32. The summed E-state index contributed by atoms with van der Waals surface area (Å²) in [6.45, 7) is 0.356. The first-order valence-electron chi connectivity index (χ1n) is 10.3. The highest BCUT2D eigenvalue weighted by molar-refractivity contribution is 5.98. The summed E-state index contributed by atoms with van der Waals surface area (Å²) in [7, 11) is 0. The zero-order valence-corrected chi connectivity index (χ0v) is 17.8. The van der Waals surface area contributed by atoms with Crippen LogP contribution >= 0.6 is 0 Å². The molecule has 1 amide bonds. The average molecular weight is 479 g/mol. The Morgan fingerprint density at radius 2 is 1.83 bits per heavy atom. The molecular formula is C23H16F3N7O2. The lowest BCUT2D eigenvalue weighted by Crippen LogP contribution is -2.18. The van der Waals surface area contributed by atoms with Crippen molar-refractivity contribution in [3.63, 3.8) is 0 Å². The number of fused-ring (bicyclic) bond motifs is 1. The van der Waals surface area contributed by atoms with E-state index in [2.05, 4.69) is 25.5 Å². The van der Waals surface area contributed by atoms with E-state index in [9.17, 15) is 18.0 Å². The van der Waals surface area contributed by atoms with Gasteiger partial charge in [0, 0.05) is 23.3 Å². The summed E-state index contributed by atoms with van der Waals surface area (Å²) >= 11 is 0. The van der Waals surface area contributed by atoms with Gasteiger partial charge >= 0.3 is 12.2 Å². The number of aromatic nitrogens is 6. The minimum absolute atomic E-state index is 0.0384. The quantitative estimate of drug-likeness (QED) is 0.382. The number of ether oxygens (including phenoxy) is 1. The van der Waals surface area contributed by atoms with E-state index in [0.717, 1.165) is 12.1 Å². The topological polar surface area (TPSA) is 99.8 Å². The largest absolute Gasteiger partial charge is 0.439 e. The van der Waals surface area contributed by atoms with Gasteiger partial charge < -0.3 is 10.1 Å². The van der Waals surface area contributed by atoms with Gasteiger partial charge in [-0.25, -0.2) is 14.8 Å². The first kappa shape index (κ1) is 22.1. The highest BCUT2D eigenvalue weighted by Gasteiger charge is 2.30. The van der Waals surface area contributed by atoms with Gasteiger partial charge in [0.05, 0.1) is 29.2 Å². The van der Waals surface area contributed by atoms with Gasteiger partial charge in [-0.1, -0.05) is 6.07 Å². The Morgan fingerprint density at radius 3 is 2.63 bits per heavy atom. The van der Waals surface area contributed by atoms with E-state index < -0.39 is 17.8 Å². The molecule has 176 valence electrons. The number of nitrogens with one attached hydrogen (secondary N) is 1. The number of halogens is 3. The molecule has 5 aromatic rings. The molecule has 0 spiro atoms. The molecule has 35 heavy (non-hydrogen) atoms. The molecule has 9 nitrogen and oxygen atoms in total. The van der Waals surface area contributed by atoms with Gasteiger partial charge in [0.25, 0.3) is 0 Å². The van der Waals surface area contributed by atoms with Gasteiger partial charge in [-0.3, -0.25) is 4.57 Å². The fourth-order valence-electron chi connectivity index (χ4n) is 3.43. The van der Waals surface area contributed by atoms with E-state index >= 15 is 0 Å². The lowest BCUT2D eigenvalue weighted by atomic mass is 10.2. The number of hydrogen-bond donors (Lipinski definition) is 1. The van der Waals surface area contributed by atoms with Crippen LogP contribution in [0.1, 0.15) is 11.3 Å². The number of amides is 1. The maximum atomic E-state index is 12.9. The van der Waals surface area contributed by atoms with Crippen LogP contribution in [-0.4, -0.2) is 35.6 Å². The molecule has 1 N–H and O–H groups in total. The molecule has 2 aromatic carbocycles. The number of nitrogens with zero attached hydrogens (tertiary/aromatic N) is 6. The molecule has 0 saturated carbocycles.